The molecule has 0 aromatic heterocycles. The lowest BCUT2D eigenvalue weighted by Gasteiger charge is -2.71. The zero-order valence-electron chi connectivity index (χ0n) is 57.6. The lowest BCUT2D eigenvalue weighted by atomic mass is 9.33. The highest BCUT2D eigenvalue weighted by Gasteiger charge is 2.74. The summed E-state index contributed by atoms with van der Waals surface area (Å²) in [7, 11) is 2.89. The maximum absolute atomic E-state index is 16.3. The van der Waals surface area contributed by atoms with Crippen molar-refractivity contribution in [3.63, 3.8) is 0 Å². The number of carbonyl (C=O) groups is 3. The number of benzene rings is 1. The number of allylic oxidation sites excluding steroid dienone is 1. The molecule has 4 saturated carbocycles. The largest absolute Gasteiger partial charge is 0.493 e. The van der Waals surface area contributed by atoms with E-state index in [1.54, 1.807) is 18.2 Å². The third kappa shape index (κ3) is 13.3. The molecule has 31 nitrogen and oxygen atoms in total. The minimum absolute atomic E-state index is 0.00991. The molecule has 5 saturated heterocycles. The molecule has 564 valence electrons. The molecule has 15 N–H and O–H groups in total. The first-order chi connectivity index (χ1) is 47.1. The van der Waals surface area contributed by atoms with E-state index in [9.17, 15) is 86.2 Å². The second-order valence-corrected chi connectivity index (χ2v) is 30.9. The van der Waals surface area contributed by atoms with Gasteiger partial charge in [-0.05, 0) is 136 Å². The van der Waals surface area contributed by atoms with Crippen LogP contribution >= 0.6 is 0 Å². The Kier molecular flexibility index (Phi) is 22.5. The van der Waals surface area contributed by atoms with Gasteiger partial charge in [-0.15, -0.1) is 0 Å². The van der Waals surface area contributed by atoms with E-state index in [-0.39, 0.29) is 32.1 Å². The zero-order valence-corrected chi connectivity index (χ0v) is 57.6. The fourth-order valence-electron chi connectivity index (χ4n) is 19.0. The number of carbonyl (C=O) groups excluding carboxylic acids is 2. The van der Waals surface area contributed by atoms with Gasteiger partial charge < -0.3 is 138 Å². The van der Waals surface area contributed by atoms with Crippen molar-refractivity contribution >= 4 is 24.0 Å². The van der Waals surface area contributed by atoms with Crippen molar-refractivity contribution in [1.29, 1.82) is 0 Å². The number of aliphatic hydroxyl groups is 14. The summed E-state index contributed by atoms with van der Waals surface area (Å²) < 4.78 is 78.7. The van der Waals surface area contributed by atoms with Gasteiger partial charge in [-0.3, -0.25) is 9.59 Å². The number of hydrogen-bond donors (Lipinski definition) is 15. The lowest BCUT2D eigenvalue weighted by molar-refractivity contribution is -0.387. The first-order valence-electron chi connectivity index (χ1n) is 34.6. The quantitative estimate of drug-likeness (QED) is 0.0341. The number of esters is 2. The van der Waals surface area contributed by atoms with Gasteiger partial charge in [-0.2, -0.15) is 0 Å². The van der Waals surface area contributed by atoms with Crippen molar-refractivity contribution in [3.05, 3.63) is 41.5 Å². The van der Waals surface area contributed by atoms with Crippen molar-refractivity contribution < 1.29 is 153 Å². The van der Waals surface area contributed by atoms with Crippen molar-refractivity contribution in [2.24, 2.45) is 50.2 Å². The van der Waals surface area contributed by atoms with Gasteiger partial charge in [0.1, 0.15) is 91.6 Å². The van der Waals surface area contributed by atoms with Crippen molar-refractivity contribution in [1.82, 2.24) is 0 Å². The Hall–Kier alpha value is -4.21. The first kappa shape index (κ1) is 76.9. The highest BCUT2D eigenvalue weighted by Crippen LogP contribution is 2.76. The summed E-state index contributed by atoms with van der Waals surface area (Å²) in [4.78, 5) is 44.4. The molecule has 10 aliphatic rings. The van der Waals surface area contributed by atoms with Gasteiger partial charge in [-0.25, -0.2) is 4.79 Å². The zero-order chi connectivity index (χ0) is 72.8. The lowest BCUT2D eigenvalue weighted by Crippen LogP contribution is -2.71. The molecule has 1 aromatic carbocycles. The smallest absolute Gasteiger partial charge is 0.331 e. The van der Waals surface area contributed by atoms with Crippen LogP contribution in [-0.2, 0) is 66.5 Å². The van der Waals surface area contributed by atoms with E-state index in [0.717, 1.165) is 11.6 Å². The highest BCUT2D eigenvalue weighted by atomic mass is 16.8. The third-order valence-electron chi connectivity index (χ3n) is 24.7. The van der Waals surface area contributed by atoms with Crippen LogP contribution in [0.3, 0.4) is 0 Å². The van der Waals surface area contributed by atoms with E-state index in [1.807, 2.05) is 6.92 Å². The van der Waals surface area contributed by atoms with Gasteiger partial charge in [0.2, 0.25) is 6.29 Å². The molecule has 0 spiro atoms. The van der Waals surface area contributed by atoms with Crippen molar-refractivity contribution in [2.45, 2.75) is 260 Å². The fraction of sp³-hybridized carbons (Fsp3) is 0.812. The first-order valence-corrected chi connectivity index (χ1v) is 34.6. The molecule has 33 atom stereocenters. The summed E-state index contributed by atoms with van der Waals surface area (Å²) in [5, 5.41) is 167. The Morgan fingerprint density at radius 1 is 0.580 bits per heavy atom. The van der Waals surface area contributed by atoms with Gasteiger partial charge in [0.05, 0.1) is 69.8 Å². The molecule has 0 radical (unpaired) electrons. The van der Waals surface area contributed by atoms with Gasteiger partial charge in [-0.1, -0.05) is 45.4 Å². The van der Waals surface area contributed by atoms with E-state index in [2.05, 4.69) is 26.8 Å². The van der Waals surface area contributed by atoms with E-state index in [1.165, 1.54) is 41.1 Å². The molecule has 0 bridgehead atoms. The summed E-state index contributed by atoms with van der Waals surface area (Å²) in [6.07, 6.45) is -36.0. The van der Waals surface area contributed by atoms with Crippen LogP contribution in [0.4, 0.5) is 0 Å². The molecule has 0 unspecified atom stereocenters. The molecule has 31 heteroatoms. The number of rotatable bonds is 18. The molecule has 5 heterocycles. The SMILES string of the molecule is COc1ccc(/C=C/C(=O)O[C@@H]2[C@H](O[C@@H]3OC[C@H](O)[C@H](O)[C@H]3O)[C@@H](O[C@@H]3O[C@@H](C)[C@H](O[C@@H]4OC[C@@H](O)[C@H](O)[C@H]4O)[C@@H](O)[C@H]3O)[C@H](OC(=O)[C@]34CCC(C)(C)C[C@H]3C3=CC[C@@H]5[C@@]6(C)C[C@H](O)[C@H](O[C@@H]7O[C@H](CO)[C@@H](O)[C@H](O)[C@H]7O)[C@@](C)(C(=O)O)[C@@H]6CC[C@@]5(C)[C@]3(CO)CC4)O[C@@H]2C)cc1OC. The number of ether oxygens (including phenoxy) is 13. The molecule has 100 heavy (non-hydrogen) atoms. The fourth-order valence-corrected chi connectivity index (χ4v) is 19.0. The van der Waals surface area contributed by atoms with E-state index in [4.69, 9.17) is 61.6 Å². The number of carboxylic acid groups (broad SMARTS) is 1. The Balaban J connectivity index is 0.935. The monoisotopic (exact) mass is 1430 g/mol. The molecule has 11 rings (SSSR count). The molecule has 5 aliphatic heterocycles. The maximum Gasteiger partial charge on any atom is 0.331 e. The number of hydrogen-bond acceptors (Lipinski definition) is 30. The van der Waals surface area contributed by atoms with Crippen molar-refractivity contribution in [2.75, 3.05) is 40.6 Å². The Morgan fingerprint density at radius 2 is 1.16 bits per heavy atom. The van der Waals surface area contributed by atoms with Crippen LogP contribution in [0.1, 0.15) is 112 Å². The van der Waals surface area contributed by atoms with Crippen LogP contribution in [0.2, 0.25) is 0 Å². The number of aliphatic hydroxyl groups excluding tert-OH is 14. The second-order valence-electron chi connectivity index (χ2n) is 30.9. The van der Waals surface area contributed by atoms with E-state index < -0.39 is 248 Å². The summed E-state index contributed by atoms with van der Waals surface area (Å²) in [6, 6.07) is 4.85. The van der Waals surface area contributed by atoms with Crippen LogP contribution in [0, 0.1) is 50.2 Å². The Labute approximate surface area is 578 Å². The number of fused-ring (bicyclic) bond motifs is 7. The molecule has 9 fully saturated rings. The average Bonchev–Trinajstić information content (AvgIpc) is 0.669. The number of aliphatic carboxylic acids is 1. The number of carboxylic acids is 1. The average molecular weight is 1430 g/mol. The number of methoxy groups -OCH3 is 2. The van der Waals surface area contributed by atoms with Crippen LogP contribution in [0.5, 0.6) is 11.5 Å². The predicted molar refractivity (Wildman–Crippen MR) is 338 cm³/mol. The molecule has 0 amide bonds. The van der Waals surface area contributed by atoms with E-state index >= 15 is 4.79 Å². The Bertz CT molecular complexity index is 3130. The van der Waals surface area contributed by atoms with Gasteiger partial charge in [0, 0.05) is 11.5 Å². The topological polar surface area (TPSA) is 475 Å². The van der Waals surface area contributed by atoms with Gasteiger partial charge >= 0.3 is 17.9 Å². The van der Waals surface area contributed by atoms with Crippen LogP contribution in [0.15, 0.2) is 35.9 Å². The summed E-state index contributed by atoms with van der Waals surface area (Å²) in [5.74, 6) is -4.11. The maximum atomic E-state index is 16.3. The minimum Gasteiger partial charge on any atom is -0.493 e. The van der Waals surface area contributed by atoms with Crippen LogP contribution < -0.4 is 9.47 Å². The highest BCUT2D eigenvalue weighted by molar-refractivity contribution is 5.87. The standard InChI is InChI=1S/C69H102O31/c1-29-52(96-57-48(81)43(76)35(73)26-90-57)47(80)51(84)59(92-29)98-55-54(97-58-49(82)44(77)36(74)27-91-58)53(95-42(75)15-11-31-10-13-37(88-8)38(22-31)89-9)30(2)93-61(55)100-63(87)68-19-18-64(3,4)23-33(68)32-12-14-40-65(5)24-34(72)56(99-60-50(83)46(79)45(78)39(25-70)94-60)67(7,62(85)86)41(65)16-17-66(40,6)69(32,28-71)21-20-68/h10-13,15,22,29-30,33-36,39-41,43-61,70-74,76-84H,14,16-21,23-28H2,1-9H3,(H,85,86)/b15-11+/t29-,30+,33-,34-,35+,36-,39+,40+,41+,43-,44-,45+,46-,47-,48+,49+,50+,51+,52-,53-,54-,55+,56-,57-,58-,59-,60-,61-,65+,66+,67-,68-,69-/m0/s1. The molecular weight excluding hydrogens is 1320 g/mol. The van der Waals surface area contributed by atoms with Gasteiger partial charge in [0.25, 0.3) is 0 Å². The predicted octanol–water partition coefficient (Wildman–Crippen LogP) is -1.59. The minimum atomic E-state index is -2.09. The van der Waals surface area contributed by atoms with Gasteiger partial charge in [0.15, 0.2) is 48.9 Å². The molecule has 1 aromatic rings. The summed E-state index contributed by atoms with van der Waals surface area (Å²) in [6.45, 7) is 10.3. The van der Waals surface area contributed by atoms with Crippen molar-refractivity contribution in [3.8, 4) is 11.5 Å². The molecule has 5 aliphatic carbocycles. The third-order valence-corrected chi connectivity index (χ3v) is 24.7. The summed E-state index contributed by atoms with van der Waals surface area (Å²) >= 11 is 0. The molecular formula is C69H102O31. The second kappa shape index (κ2) is 29.3. The van der Waals surface area contributed by atoms with Crippen LogP contribution in [-0.4, -0.2) is 289 Å². The van der Waals surface area contributed by atoms with Crippen LogP contribution in [0.25, 0.3) is 6.08 Å². The normalized spacial score (nSPS) is 48.6. The Morgan fingerprint density at radius 3 is 1.78 bits per heavy atom. The summed E-state index contributed by atoms with van der Waals surface area (Å²) in [5.41, 5.74) is -5.27. The van der Waals surface area contributed by atoms with E-state index in [0.29, 0.717) is 42.7 Å².